The van der Waals surface area contributed by atoms with Crippen molar-refractivity contribution in [1.82, 2.24) is 15.0 Å². The summed E-state index contributed by atoms with van der Waals surface area (Å²) in [7, 11) is 1.61. The van der Waals surface area contributed by atoms with Crippen molar-refractivity contribution in [3.05, 3.63) is 41.5 Å². The number of aromatic nitrogens is 3. The van der Waals surface area contributed by atoms with Crippen LogP contribution in [0.3, 0.4) is 0 Å². The highest BCUT2D eigenvalue weighted by Gasteiger charge is 2.01. The van der Waals surface area contributed by atoms with Crippen LogP contribution in [-0.2, 0) is 13.0 Å². The number of ether oxygens (including phenoxy) is 1. The molecule has 0 saturated heterocycles. The van der Waals surface area contributed by atoms with E-state index in [9.17, 15) is 0 Å². The third kappa shape index (κ3) is 3.64. The zero-order valence-corrected chi connectivity index (χ0v) is 11.5. The smallest absolute Gasteiger partial charge is 0.213 e. The van der Waals surface area contributed by atoms with Crippen molar-refractivity contribution in [3.63, 3.8) is 0 Å². The number of hydrogen-bond donors (Lipinski definition) is 1. The third-order valence-corrected chi connectivity index (χ3v) is 2.74. The number of aryl methyl sites for hydroxylation is 2. The van der Waals surface area contributed by atoms with Crippen LogP contribution in [-0.4, -0.2) is 22.1 Å². The Bertz CT molecular complexity index is 557. The zero-order chi connectivity index (χ0) is 13.7. The number of hydrogen-bond acceptors (Lipinski definition) is 5. The van der Waals surface area contributed by atoms with Crippen molar-refractivity contribution in [2.75, 3.05) is 12.4 Å². The van der Waals surface area contributed by atoms with Gasteiger partial charge in [-0.15, -0.1) is 0 Å². The Kier molecular flexibility index (Phi) is 4.28. The Morgan fingerprint density at radius 3 is 2.84 bits per heavy atom. The summed E-state index contributed by atoms with van der Waals surface area (Å²) < 4.78 is 5.10. The Morgan fingerprint density at radius 1 is 1.26 bits per heavy atom. The number of nitrogens with zero attached hydrogens (tertiary/aromatic N) is 3. The molecule has 100 valence electrons. The summed E-state index contributed by atoms with van der Waals surface area (Å²) in [5.74, 6) is 2.25. The Labute approximate surface area is 113 Å². The first-order valence-corrected chi connectivity index (χ1v) is 6.28. The second kappa shape index (κ2) is 6.13. The highest BCUT2D eigenvalue weighted by Crippen LogP contribution is 2.12. The molecule has 0 amide bonds. The molecule has 5 heteroatoms. The van der Waals surface area contributed by atoms with Gasteiger partial charge in [-0.05, 0) is 25.0 Å². The minimum absolute atomic E-state index is 0.618. The maximum absolute atomic E-state index is 5.10. The molecule has 1 N–H and O–H groups in total. The van der Waals surface area contributed by atoms with Crippen LogP contribution in [0.1, 0.15) is 24.0 Å². The SMILES string of the molecule is CCc1cc(NCc2ccnc(OC)c2)nc(C)n1. The van der Waals surface area contributed by atoms with E-state index in [0.29, 0.717) is 12.4 Å². The Balaban J connectivity index is 2.07. The zero-order valence-electron chi connectivity index (χ0n) is 11.5. The van der Waals surface area contributed by atoms with Crippen LogP contribution in [0.2, 0.25) is 0 Å². The molecule has 19 heavy (non-hydrogen) atoms. The lowest BCUT2D eigenvalue weighted by Gasteiger charge is -2.08. The van der Waals surface area contributed by atoms with Crippen molar-refractivity contribution in [2.24, 2.45) is 0 Å². The molecule has 0 unspecified atom stereocenters. The lowest BCUT2D eigenvalue weighted by Crippen LogP contribution is -2.05. The van der Waals surface area contributed by atoms with Crippen LogP contribution < -0.4 is 10.1 Å². The van der Waals surface area contributed by atoms with Crippen LogP contribution in [0.15, 0.2) is 24.4 Å². The second-order valence-corrected chi connectivity index (χ2v) is 4.21. The molecule has 0 bridgehead atoms. The van der Waals surface area contributed by atoms with Crippen LogP contribution in [0.4, 0.5) is 5.82 Å². The van der Waals surface area contributed by atoms with E-state index in [2.05, 4.69) is 27.2 Å². The second-order valence-electron chi connectivity index (χ2n) is 4.21. The van der Waals surface area contributed by atoms with Crippen molar-refractivity contribution in [3.8, 4) is 5.88 Å². The summed E-state index contributed by atoms with van der Waals surface area (Å²) in [4.78, 5) is 12.8. The first kappa shape index (κ1) is 13.3. The largest absolute Gasteiger partial charge is 0.481 e. The van der Waals surface area contributed by atoms with Gasteiger partial charge in [0, 0.05) is 30.6 Å². The average molecular weight is 258 g/mol. The highest BCUT2D eigenvalue weighted by atomic mass is 16.5. The van der Waals surface area contributed by atoms with Gasteiger partial charge < -0.3 is 10.1 Å². The van der Waals surface area contributed by atoms with E-state index < -0.39 is 0 Å². The monoisotopic (exact) mass is 258 g/mol. The van der Waals surface area contributed by atoms with Crippen LogP contribution >= 0.6 is 0 Å². The molecule has 0 spiro atoms. The lowest BCUT2D eigenvalue weighted by atomic mass is 10.2. The van der Waals surface area contributed by atoms with Crippen LogP contribution in [0.25, 0.3) is 0 Å². The number of nitrogens with one attached hydrogen (secondary N) is 1. The summed E-state index contributed by atoms with van der Waals surface area (Å²) in [5, 5.41) is 3.29. The van der Waals surface area contributed by atoms with Gasteiger partial charge in [0.25, 0.3) is 0 Å². The van der Waals surface area contributed by atoms with Gasteiger partial charge in [0.15, 0.2) is 0 Å². The molecule has 0 saturated carbocycles. The standard InChI is InChI=1S/C14H18N4O/c1-4-12-8-13(18-10(2)17-12)16-9-11-5-6-15-14(7-11)19-3/h5-8H,4,9H2,1-3H3,(H,16,17,18). The fourth-order valence-electron chi connectivity index (χ4n) is 1.77. The minimum Gasteiger partial charge on any atom is -0.481 e. The Hall–Kier alpha value is -2.17. The number of methoxy groups -OCH3 is 1. The van der Waals surface area contributed by atoms with Crippen LogP contribution in [0.5, 0.6) is 5.88 Å². The van der Waals surface area contributed by atoms with E-state index in [4.69, 9.17) is 4.74 Å². The van der Waals surface area contributed by atoms with E-state index in [0.717, 1.165) is 29.3 Å². The molecule has 2 heterocycles. The molecule has 0 aliphatic carbocycles. The number of anilines is 1. The summed E-state index contributed by atoms with van der Waals surface area (Å²) in [6.07, 6.45) is 2.64. The molecule has 0 aliphatic rings. The summed E-state index contributed by atoms with van der Waals surface area (Å²) in [6.45, 7) is 4.66. The molecule has 5 nitrogen and oxygen atoms in total. The van der Waals surface area contributed by atoms with E-state index >= 15 is 0 Å². The predicted octanol–water partition coefficient (Wildman–Crippen LogP) is 2.36. The molecule has 2 rings (SSSR count). The normalized spacial score (nSPS) is 10.3. The molecule has 0 atom stereocenters. The summed E-state index contributed by atoms with van der Waals surface area (Å²) in [5.41, 5.74) is 2.14. The van der Waals surface area contributed by atoms with Gasteiger partial charge in [-0.2, -0.15) is 0 Å². The molecular formula is C14H18N4O. The van der Waals surface area contributed by atoms with Crippen molar-refractivity contribution in [2.45, 2.75) is 26.8 Å². The van der Waals surface area contributed by atoms with Gasteiger partial charge in [-0.25, -0.2) is 15.0 Å². The van der Waals surface area contributed by atoms with Gasteiger partial charge in [-0.3, -0.25) is 0 Å². The topological polar surface area (TPSA) is 59.9 Å². The van der Waals surface area contributed by atoms with Gasteiger partial charge >= 0.3 is 0 Å². The van der Waals surface area contributed by atoms with Gasteiger partial charge in [0.1, 0.15) is 11.6 Å². The fourth-order valence-corrected chi connectivity index (χ4v) is 1.77. The number of pyridine rings is 1. The summed E-state index contributed by atoms with van der Waals surface area (Å²) in [6, 6.07) is 5.83. The maximum Gasteiger partial charge on any atom is 0.213 e. The van der Waals surface area contributed by atoms with E-state index in [1.165, 1.54) is 0 Å². The average Bonchev–Trinajstić information content (AvgIpc) is 2.44. The lowest BCUT2D eigenvalue weighted by molar-refractivity contribution is 0.397. The third-order valence-electron chi connectivity index (χ3n) is 2.74. The van der Waals surface area contributed by atoms with Crippen LogP contribution in [0, 0.1) is 6.92 Å². The van der Waals surface area contributed by atoms with Crippen molar-refractivity contribution in [1.29, 1.82) is 0 Å². The van der Waals surface area contributed by atoms with Crippen molar-refractivity contribution >= 4 is 5.82 Å². The summed E-state index contributed by atoms with van der Waals surface area (Å²) >= 11 is 0. The van der Waals surface area contributed by atoms with Gasteiger partial charge in [-0.1, -0.05) is 6.92 Å². The predicted molar refractivity (Wildman–Crippen MR) is 74.3 cm³/mol. The van der Waals surface area contributed by atoms with Gasteiger partial charge in [0.2, 0.25) is 5.88 Å². The van der Waals surface area contributed by atoms with E-state index in [1.807, 2.05) is 25.1 Å². The molecular weight excluding hydrogens is 240 g/mol. The Morgan fingerprint density at radius 2 is 2.11 bits per heavy atom. The van der Waals surface area contributed by atoms with Gasteiger partial charge in [0.05, 0.1) is 7.11 Å². The molecule has 0 radical (unpaired) electrons. The highest BCUT2D eigenvalue weighted by molar-refractivity contribution is 5.37. The van der Waals surface area contributed by atoms with E-state index in [-0.39, 0.29) is 0 Å². The quantitative estimate of drug-likeness (QED) is 0.892. The molecule has 0 aliphatic heterocycles. The van der Waals surface area contributed by atoms with Crippen molar-refractivity contribution < 1.29 is 4.74 Å². The molecule has 2 aromatic heterocycles. The minimum atomic E-state index is 0.618. The molecule has 2 aromatic rings. The first-order valence-electron chi connectivity index (χ1n) is 6.28. The fraction of sp³-hybridized carbons (Fsp3) is 0.357. The molecule has 0 aromatic carbocycles. The first-order chi connectivity index (χ1) is 9.21. The molecule has 0 fully saturated rings. The van der Waals surface area contributed by atoms with E-state index in [1.54, 1.807) is 13.3 Å². The maximum atomic E-state index is 5.10. The number of rotatable bonds is 5.